The van der Waals surface area contributed by atoms with Gasteiger partial charge in [0.1, 0.15) is 0 Å². The molecule has 0 aliphatic heterocycles. The van der Waals surface area contributed by atoms with Crippen LogP contribution < -0.4 is 5.73 Å². The van der Waals surface area contributed by atoms with Crippen molar-refractivity contribution in [2.24, 2.45) is 5.73 Å². The van der Waals surface area contributed by atoms with Crippen LogP contribution in [0.4, 0.5) is 0 Å². The number of rotatable bonds is 5. The van der Waals surface area contributed by atoms with Gasteiger partial charge in [-0.2, -0.15) is 0 Å². The average molecular weight is 192 g/mol. The molecule has 0 heterocycles. The Bertz CT molecular complexity index is 246. The van der Waals surface area contributed by atoms with E-state index >= 15 is 0 Å². The van der Waals surface area contributed by atoms with Crippen LogP contribution in [0.15, 0.2) is 30.3 Å². The van der Waals surface area contributed by atoms with E-state index in [1.165, 1.54) is 5.56 Å². The summed E-state index contributed by atoms with van der Waals surface area (Å²) >= 11 is 0. The second-order valence-electron chi connectivity index (χ2n) is 3.80. The van der Waals surface area contributed by atoms with Crippen molar-refractivity contribution in [3.05, 3.63) is 35.9 Å². The maximum atomic E-state index is 5.60. The van der Waals surface area contributed by atoms with E-state index in [1.54, 1.807) is 0 Å². The third kappa shape index (κ3) is 3.48. The number of likely N-dealkylation sites (N-methyl/N-ethyl adjacent to an activating group) is 1. The van der Waals surface area contributed by atoms with Crippen molar-refractivity contribution < 1.29 is 0 Å². The van der Waals surface area contributed by atoms with Crippen LogP contribution in [0.3, 0.4) is 0 Å². The molecule has 0 saturated heterocycles. The minimum absolute atomic E-state index is 0.471. The first-order valence-electron chi connectivity index (χ1n) is 5.18. The van der Waals surface area contributed by atoms with Crippen LogP contribution in [-0.2, 0) is 6.42 Å². The monoisotopic (exact) mass is 192 g/mol. The molecule has 2 heteroatoms. The van der Waals surface area contributed by atoms with Gasteiger partial charge < -0.3 is 10.6 Å². The van der Waals surface area contributed by atoms with Crippen LogP contribution in [0.25, 0.3) is 0 Å². The molecular weight excluding hydrogens is 172 g/mol. The first-order chi connectivity index (χ1) is 6.74. The van der Waals surface area contributed by atoms with Crippen LogP contribution in [0.5, 0.6) is 0 Å². The Morgan fingerprint density at radius 1 is 1.29 bits per heavy atom. The van der Waals surface area contributed by atoms with Crippen LogP contribution in [0.2, 0.25) is 0 Å². The van der Waals surface area contributed by atoms with Gasteiger partial charge in [0.15, 0.2) is 0 Å². The van der Waals surface area contributed by atoms with Gasteiger partial charge in [0, 0.05) is 19.1 Å². The molecule has 1 unspecified atom stereocenters. The van der Waals surface area contributed by atoms with E-state index in [1.807, 2.05) is 0 Å². The molecule has 14 heavy (non-hydrogen) atoms. The van der Waals surface area contributed by atoms with E-state index in [-0.39, 0.29) is 0 Å². The lowest BCUT2D eigenvalue weighted by molar-refractivity contribution is 0.266. The van der Waals surface area contributed by atoms with Gasteiger partial charge in [-0.25, -0.2) is 0 Å². The number of hydrogen-bond donors (Lipinski definition) is 1. The molecular formula is C12H20N2. The standard InChI is InChI=1S/C12H20N2/c1-11(10-13)14(2)9-8-12-6-4-3-5-7-12/h3-7,11H,8-10,13H2,1-2H3. The predicted octanol–water partition coefficient (Wildman–Crippen LogP) is 1.51. The summed E-state index contributed by atoms with van der Waals surface area (Å²) in [7, 11) is 2.13. The molecule has 0 spiro atoms. The highest BCUT2D eigenvalue weighted by atomic mass is 15.1. The van der Waals surface area contributed by atoms with Gasteiger partial charge in [-0.3, -0.25) is 0 Å². The van der Waals surface area contributed by atoms with E-state index in [0.29, 0.717) is 6.04 Å². The second kappa shape index (κ2) is 5.78. The third-order valence-electron chi connectivity index (χ3n) is 2.69. The molecule has 1 atom stereocenters. The van der Waals surface area contributed by atoms with Gasteiger partial charge in [0.2, 0.25) is 0 Å². The van der Waals surface area contributed by atoms with E-state index in [9.17, 15) is 0 Å². The Balaban J connectivity index is 2.34. The van der Waals surface area contributed by atoms with Gasteiger partial charge in [0.25, 0.3) is 0 Å². The summed E-state index contributed by atoms with van der Waals surface area (Å²) in [6.07, 6.45) is 1.10. The molecule has 1 aromatic carbocycles. The fourth-order valence-electron chi connectivity index (χ4n) is 1.35. The van der Waals surface area contributed by atoms with E-state index in [4.69, 9.17) is 5.73 Å². The van der Waals surface area contributed by atoms with Gasteiger partial charge in [-0.15, -0.1) is 0 Å². The molecule has 0 aliphatic rings. The zero-order chi connectivity index (χ0) is 10.4. The normalized spacial score (nSPS) is 13.1. The van der Waals surface area contributed by atoms with Crippen LogP contribution in [-0.4, -0.2) is 31.1 Å². The number of hydrogen-bond acceptors (Lipinski definition) is 2. The van der Waals surface area contributed by atoms with Gasteiger partial charge in [-0.1, -0.05) is 30.3 Å². The summed E-state index contributed by atoms with van der Waals surface area (Å²) < 4.78 is 0. The maximum Gasteiger partial charge on any atom is 0.0187 e. The van der Waals surface area contributed by atoms with Gasteiger partial charge in [-0.05, 0) is 26.0 Å². The lowest BCUT2D eigenvalue weighted by Gasteiger charge is -2.23. The number of nitrogens with two attached hydrogens (primary N) is 1. The smallest absolute Gasteiger partial charge is 0.0187 e. The van der Waals surface area contributed by atoms with Crippen molar-refractivity contribution in [2.75, 3.05) is 20.1 Å². The zero-order valence-electron chi connectivity index (χ0n) is 9.11. The van der Waals surface area contributed by atoms with Crippen molar-refractivity contribution in [3.63, 3.8) is 0 Å². The minimum atomic E-state index is 0.471. The fraction of sp³-hybridized carbons (Fsp3) is 0.500. The summed E-state index contributed by atoms with van der Waals surface area (Å²) in [6, 6.07) is 11.0. The highest BCUT2D eigenvalue weighted by molar-refractivity contribution is 5.14. The molecule has 78 valence electrons. The lowest BCUT2D eigenvalue weighted by Crippen LogP contribution is -2.36. The molecule has 2 nitrogen and oxygen atoms in total. The van der Waals surface area contributed by atoms with Gasteiger partial charge in [0.05, 0.1) is 0 Å². The third-order valence-corrected chi connectivity index (χ3v) is 2.69. The highest BCUT2D eigenvalue weighted by Crippen LogP contribution is 2.02. The van der Waals surface area contributed by atoms with Crippen LogP contribution in [0, 0.1) is 0 Å². The summed E-state index contributed by atoms with van der Waals surface area (Å²) in [4.78, 5) is 2.30. The topological polar surface area (TPSA) is 29.3 Å². The molecule has 1 rings (SSSR count). The van der Waals surface area contributed by atoms with Crippen molar-refractivity contribution >= 4 is 0 Å². The summed E-state index contributed by atoms with van der Waals surface area (Å²) in [5.74, 6) is 0. The molecule has 2 N–H and O–H groups in total. The van der Waals surface area contributed by atoms with Gasteiger partial charge >= 0.3 is 0 Å². The summed E-state index contributed by atoms with van der Waals surface area (Å²) in [6.45, 7) is 3.96. The van der Waals surface area contributed by atoms with E-state index in [2.05, 4.69) is 49.2 Å². The average Bonchev–Trinajstić information content (AvgIpc) is 2.26. The Morgan fingerprint density at radius 2 is 1.93 bits per heavy atom. The maximum absolute atomic E-state index is 5.60. The van der Waals surface area contributed by atoms with Crippen molar-refractivity contribution in [2.45, 2.75) is 19.4 Å². The summed E-state index contributed by atoms with van der Waals surface area (Å²) in [5.41, 5.74) is 6.99. The first kappa shape index (κ1) is 11.2. The molecule has 0 amide bonds. The van der Waals surface area contributed by atoms with Crippen molar-refractivity contribution in [1.82, 2.24) is 4.90 Å². The Hall–Kier alpha value is -0.860. The number of benzene rings is 1. The lowest BCUT2D eigenvalue weighted by atomic mass is 10.1. The zero-order valence-corrected chi connectivity index (χ0v) is 9.11. The Labute approximate surface area is 86.7 Å². The van der Waals surface area contributed by atoms with Crippen LogP contribution in [0.1, 0.15) is 12.5 Å². The predicted molar refractivity (Wildman–Crippen MR) is 61.3 cm³/mol. The van der Waals surface area contributed by atoms with E-state index in [0.717, 1.165) is 19.5 Å². The Morgan fingerprint density at radius 3 is 2.50 bits per heavy atom. The molecule has 0 aliphatic carbocycles. The largest absolute Gasteiger partial charge is 0.329 e. The van der Waals surface area contributed by atoms with E-state index < -0.39 is 0 Å². The van der Waals surface area contributed by atoms with Crippen molar-refractivity contribution in [3.8, 4) is 0 Å². The molecule has 0 aromatic heterocycles. The number of nitrogens with zero attached hydrogens (tertiary/aromatic N) is 1. The minimum Gasteiger partial charge on any atom is -0.329 e. The Kier molecular flexibility index (Phi) is 4.63. The molecule has 0 fully saturated rings. The highest BCUT2D eigenvalue weighted by Gasteiger charge is 2.05. The molecule has 0 bridgehead atoms. The second-order valence-corrected chi connectivity index (χ2v) is 3.80. The quantitative estimate of drug-likeness (QED) is 0.766. The molecule has 0 saturated carbocycles. The molecule has 0 radical (unpaired) electrons. The molecule has 1 aromatic rings. The summed E-state index contributed by atoms with van der Waals surface area (Å²) in [5, 5.41) is 0. The first-order valence-corrected chi connectivity index (χ1v) is 5.18. The fourth-order valence-corrected chi connectivity index (χ4v) is 1.35. The van der Waals surface area contributed by atoms with Crippen molar-refractivity contribution in [1.29, 1.82) is 0 Å². The SMILES string of the molecule is CC(CN)N(C)CCc1ccccc1. The van der Waals surface area contributed by atoms with Crippen LogP contribution >= 0.6 is 0 Å².